The van der Waals surface area contributed by atoms with E-state index < -0.39 is 0 Å². The van der Waals surface area contributed by atoms with Crippen LogP contribution in [0.25, 0.3) is 0 Å². The number of aromatic nitrogens is 2. The zero-order valence-electron chi connectivity index (χ0n) is 9.69. The van der Waals surface area contributed by atoms with E-state index in [2.05, 4.69) is 44.0 Å². The third-order valence-corrected chi connectivity index (χ3v) is 3.60. The van der Waals surface area contributed by atoms with Gasteiger partial charge in [0.1, 0.15) is 0 Å². The Hall–Kier alpha value is -0.640. The quantitative estimate of drug-likeness (QED) is 0.799. The largest absolute Gasteiger partial charge is 0.355 e. The summed E-state index contributed by atoms with van der Waals surface area (Å²) < 4.78 is 0. The van der Waals surface area contributed by atoms with Crippen molar-refractivity contribution in [1.82, 2.24) is 10.2 Å². The van der Waals surface area contributed by atoms with Crippen molar-refractivity contribution in [2.45, 2.75) is 26.2 Å². The molecule has 0 aliphatic carbocycles. The molecule has 1 unspecified atom stereocenters. The van der Waals surface area contributed by atoms with Gasteiger partial charge in [0.15, 0.2) is 5.82 Å². The Bertz CT molecular complexity index is 341. The number of hydrogen-bond donors (Lipinski definition) is 0. The van der Waals surface area contributed by atoms with Crippen molar-refractivity contribution in [3.05, 3.63) is 17.8 Å². The summed E-state index contributed by atoms with van der Waals surface area (Å²) in [5.41, 5.74) is 1.19. The lowest BCUT2D eigenvalue weighted by Gasteiger charge is -2.33. The van der Waals surface area contributed by atoms with E-state index in [0.717, 1.165) is 30.2 Å². The Labute approximate surface area is 105 Å². The molecule has 1 aromatic heterocycles. The highest BCUT2D eigenvalue weighted by Gasteiger charge is 2.20. The first-order valence-corrected chi connectivity index (χ1v) is 7.02. The fraction of sp³-hybridized carbons (Fsp3) is 0.667. The third kappa shape index (κ3) is 2.94. The second-order valence-corrected chi connectivity index (χ2v) is 5.32. The summed E-state index contributed by atoms with van der Waals surface area (Å²) in [5, 5.41) is 9.35. The highest BCUT2D eigenvalue weighted by Crippen LogP contribution is 2.24. The molecule has 4 heteroatoms. The van der Waals surface area contributed by atoms with E-state index in [9.17, 15) is 0 Å². The molecule has 1 aliphatic rings. The van der Waals surface area contributed by atoms with E-state index in [-0.39, 0.29) is 0 Å². The van der Waals surface area contributed by atoms with Crippen LogP contribution in [0.15, 0.2) is 12.3 Å². The first kappa shape index (κ1) is 11.8. The highest BCUT2D eigenvalue weighted by atomic mass is 79.9. The molecule has 0 N–H and O–H groups in total. The Balaban J connectivity index is 2.03. The van der Waals surface area contributed by atoms with Gasteiger partial charge in [-0.25, -0.2) is 0 Å². The second kappa shape index (κ2) is 5.62. The van der Waals surface area contributed by atoms with Crippen LogP contribution in [0.4, 0.5) is 5.82 Å². The Morgan fingerprint density at radius 1 is 1.56 bits per heavy atom. The molecule has 16 heavy (non-hydrogen) atoms. The predicted octanol–water partition coefficient (Wildman–Crippen LogP) is 2.79. The SMILES string of the molecule is Cc1cnnc(N2CCCC(CCBr)C2)c1. The molecule has 1 fully saturated rings. The number of piperidine rings is 1. The van der Waals surface area contributed by atoms with Gasteiger partial charge in [-0.1, -0.05) is 15.9 Å². The van der Waals surface area contributed by atoms with Gasteiger partial charge in [-0.15, -0.1) is 5.10 Å². The number of nitrogens with zero attached hydrogens (tertiary/aromatic N) is 3. The van der Waals surface area contributed by atoms with Crippen molar-refractivity contribution in [2.75, 3.05) is 23.3 Å². The van der Waals surface area contributed by atoms with Crippen molar-refractivity contribution in [3.63, 3.8) is 0 Å². The molecule has 1 saturated heterocycles. The fourth-order valence-corrected chi connectivity index (χ4v) is 2.91. The second-order valence-electron chi connectivity index (χ2n) is 4.52. The maximum absolute atomic E-state index is 4.22. The maximum Gasteiger partial charge on any atom is 0.151 e. The molecule has 0 radical (unpaired) electrons. The van der Waals surface area contributed by atoms with Gasteiger partial charge in [0, 0.05) is 18.4 Å². The van der Waals surface area contributed by atoms with E-state index in [4.69, 9.17) is 0 Å². The third-order valence-electron chi connectivity index (χ3n) is 3.14. The minimum absolute atomic E-state index is 0.801. The molecule has 2 rings (SSSR count). The summed E-state index contributed by atoms with van der Waals surface area (Å²) in [6.45, 7) is 4.32. The maximum atomic E-state index is 4.22. The zero-order chi connectivity index (χ0) is 11.4. The summed E-state index contributed by atoms with van der Waals surface area (Å²) in [6.07, 6.45) is 5.69. The van der Waals surface area contributed by atoms with E-state index in [1.807, 2.05) is 6.20 Å². The molecule has 1 aromatic rings. The topological polar surface area (TPSA) is 29.0 Å². The standard InChI is InChI=1S/C12H18BrN3/c1-10-7-12(15-14-8-10)16-6-2-3-11(9-16)4-5-13/h7-8,11H,2-6,9H2,1H3. The molecule has 0 spiro atoms. The van der Waals surface area contributed by atoms with Crippen LogP contribution in [-0.4, -0.2) is 28.6 Å². The lowest BCUT2D eigenvalue weighted by Crippen LogP contribution is -2.36. The summed E-state index contributed by atoms with van der Waals surface area (Å²) >= 11 is 3.53. The number of hydrogen-bond acceptors (Lipinski definition) is 3. The summed E-state index contributed by atoms with van der Waals surface area (Å²) in [4.78, 5) is 2.37. The van der Waals surface area contributed by atoms with Crippen molar-refractivity contribution in [2.24, 2.45) is 5.92 Å². The van der Waals surface area contributed by atoms with Gasteiger partial charge in [-0.05, 0) is 43.7 Å². The number of anilines is 1. The Kier molecular flexibility index (Phi) is 4.16. The number of alkyl halides is 1. The first-order valence-electron chi connectivity index (χ1n) is 5.90. The molecule has 0 saturated carbocycles. The molecule has 0 amide bonds. The van der Waals surface area contributed by atoms with E-state index in [1.165, 1.54) is 24.8 Å². The normalized spacial score (nSPS) is 21.1. The Morgan fingerprint density at radius 3 is 3.19 bits per heavy atom. The fourth-order valence-electron chi connectivity index (χ4n) is 2.27. The summed E-state index contributed by atoms with van der Waals surface area (Å²) in [7, 11) is 0. The van der Waals surface area contributed by atoms with Crippen LogP contribution in [0.2, 0.25) is 0 Å². The van der Waals surface area contributed by atoms with Gasteiger partial charge in [0.25, 0.3) is 0 Å². The van der Waals surface area contributed by atoms with Crippen molar-refractivity contribution >= 4 is 21.7 Å². The Morgan fingerprint density at radius 2 is 2.44 bits per heavy atom. The predicted molar refractivity (Wildman–Crippen MR) is 70.1 cm³/mol. The van der Waals surface area contributed by atoms with Crippen LogP contribution < -0.4 is 4.90 Å². The van der Waals surface area contributed by atoms with E-state index in [0.29, 0.717) is 0 Å². The van der Waals surface area contributed by atoms with Gasteiger partial charge in [-0.2, -0.15) is 5.10 Å². The minimum atomic E-state index is 0.801. The number of aryl methyl sites for hydroxylation is 1. The van der Waals surface area contributed by atoms with Gasteiger partial charge in [-0.3, -0.25) is 0 Å². The van der Waals surface area contributed by atoms with Crippen molar-refractivity contribution in [1.29, 1.82) is 0 Å². The van der Waals surface area contributed by atoms with Crippen molar-refractivity contribution < 1.29 is 0 Å². The van der Waals surface area contributed by atoms with Gasteiger partial charge >= 0.3 is 0 Å². The summed E-state index contributed by atoms with van der Waals surface area (Å²) in [5.74, 6) is 1.84. The first-order chi connectivity index (χ1) is 7.79. The van der Waals surface area contributed by atoms with Crippen LogP contribution in [0.1, 0.15) is 24.8 Å². The van der Waals surface area contributed by atoms with E-state index in [1.54, 1.807) is 0 Å². The van der Waals surface area contributed by atoms with E-state index >= 15 is 0 Å². The van der Waals surface area contributed by atoms with Crippen LogP contribution >= 0.6 is 15.9 Å². The summed E-state index contributed by atoms with van der Waals surface area (Å²) in [6, 6.07) is 2.13. The van der Waals surface area contributed by atoms with Crippen LogP contribution in [0, 0.1) is 12.8 Å². The van der Waals surface area contributed by atoms with Gasteiger partial charge in [0.05, 0.1) is 6.20 Å². The molecule has 0 bridgehead atoms. The lowest BCUT2D eigenvalue weighted by atomic mass is 9.96. The highest BCUT2D eigenvalue weighted by molar-refractivity contribution is 9.09. The molecule has 1 atom stereocenters. The van der Waals surface area contributed by atoms with Crippen LogP contribution in [-0.2, 0) is 0 Å². The molecule has 2 heterocycles. The molecular weight excluding hydrogens is 266 g/mol. The number of rotatable bonds is 3. The zero-order valence-corrected chi connectivity index (χ0v) is 11.3. The molecule has 88 valence electrons. The lowest BCUT2D eigenvalue weighted by molar-refractivity contribution is 0.405. The average molecular weight is 284 g/mol. The molecular formula is C12H18BrN3. The molecule has 3 nitrogen and oxygen atoms in total. The average Bonchev–Trinajstić information content (AvgIpc) is 2.30. The van der Waals surface area contributed by atoms with Gasteiger partial charge < -0.3 is 4.90 Å². The molecule has 0 aromatic carbocycles. The van der Waals surface area contributed by atoms with Crippen LogP contribution in [0.3, 0.4) is 0 Å². The smallest absolute Gasteiger partial charge is 0.151 e. The van der Waals surface area contributed by atoms with Crippen LogP contribution in [0.5, 0.6) is 0 Å². The van der Waals surface area contributed by atoms with Crippen molar-refractivity contribution in [3.8, 4) is 0 Å². The monoisotopic (exact) mass is 283 g/mol. The number of halogens is 1. The minimum Gasteiger partial charge on any atom is -0.355 e. The van der Waals surface area contributed by atoms with Gasteiger partial charge in [0.2, 0.25) is 0 Å². The molecule has 1 aliphatic heterocycles.